The lowest BCUT2D eigenvalue weighted by Gasteiger charge is -2.17. The fourth-order valence-corrected chi connectivity index (χ4v) is 3.25. The van der Waals surface area contributed by atoms with Crippen LogP contribution in [0.3, 0.4) is 0 Å². The Balaban J connectivity index is 1.69. The molecule has 1 aliphatic carbocycles. The van der Waals surface area contributed by atoms with E-state index in [0.29, 0.717) is 17.4 Å². The van der Waals surface area contributed by atoms with Crippen molar-refractivity contribution in [3.05, 3.63) is 30.1 Å². The van der Waals surface area contributed by atoms with E-state index in [1.54, 1.807) is 18.2 Å². The first-order chi connectivity index (χ1) is 9.66. The van der Waals surface area contributed by atoms with E-state index < -0.39 is 6.10 Å². The Morgan fingerprint density at radius 3 is 2.80 bits per heavy atom. The lowest BCUT2D eigenvalue weighted by molar-refractivity contribution is -0.119. The minimum absolute atomic E-state index is 0.165. The molecular formula is C15H20FNO2S. The van der Waals surface area contributed by atoms with Gasteiger partial charge < -0.3 is 10.4 Å². The normalized spacial score (nSPS) is 17.1. The zero-order valence-corrected chi connectivity index (χ0v) is 12.2. The van der Waals surface area contributed by atoms with Gasteiger partial charge in [-0.2, -0.15) is 0 Å². The summed E-state index contributed by atoms with van der Waals surface area (Å²) < 4.78 is 13.4. The molecular weight excluding hydrogens is 277 g/mol. The van der Waals surface area contributed by atoms with Gasteiger partial charge in [0, 0.05) is 11.4 Å². The molecule has 1 unspecified atom stereocenters. The van der Waals surface area contributed by atoms with Crippen molar-refractivity contribution >= 4 is 17.7 Å². The Morgan fingerprint density at radius 2 is 2.10 bits per heavy atom. The van der Waals surface area contributed by atoms with Gasteiger partial charge in [-0.15, -0.1) is 11.8 Å². The van der Waals surface area contributed by atoms with Crippen molar-refractivity contribution in [3.63, 3.8) is 0 Å². The first kappa shape index (κ1) is 15.3. The minimum Gasteiger partial charge on any atom is -0.391 e. The van der Waals surface area contributed by atoms with Gasteiger partial charge in [-0.3, -0.25) is 4.79 Å². The van der Waals surface area contributed by atoms with Crippen LogP contribution in [0.1, 0.15) is 25.7 Å². The van der Waals surface area contributed by atoms with E-state index in [1.807, 2.05) is 0 Å². The van der Waals surface area contributed by atoms with Crippen molar-refractivity contribution in [2.45, 2.75) is 36.7 Å². The molecule has 0 heterocycles. The number of benzene rings is 1. The Bertz CT molecular complexity index is 449. The number of amides is 1. The van der Waals surface area contributed by atoms with Crippen LogP contribution < -0.4 is 5.32 Å². The predicted octanol–water partition coefficient (Wildman–Crippen LogP) is 2.59. The average molecular weight is 297 g/mol. The van der Waals surface area contributed by atoms with Crippen LogP contribution in [0.25, 0.3) is 0 Å². The molecule has 110 valence electrons. The van der Waals surface area contributed by atoms with Gasteiger partial charge in [-0.25, -0.2) is 4.39 Å². The summed E-state index contributed by atoms with van der Waals surface area (Å²) >= 11 is 1.17. The standard InChI is InChI=1S/C15H20FNO2S/c16-12-7-3-4-8-14(12)20-10-15(19)17-9-13(18)11-5-1-2-6-11/h3-4,7-8,11,13,18H,1-2,5-6,9-10H2,(H,17,19). The second-order valence-corrected chi connectivity index (χ2v) is 6.15. The molecule has 1 aromatic carbocycles. The largest absolute Gasteiger partial charge is 0.391 e. The summed E-state index contributed by atoms with van der Waals surface area (Å²) in [6, 6.07) is 6.40. The molecule has 1 aromatic rings. The molecule has 0 radical (unpaired) electrons. The second kappa shape index (κ2) is 7.64. The molecule has 20 heavy (non-hydrogen) atoms. The van der Waals surface area contributed by atoms with Crippen molar-refractivity contribution in [1.29, 1.82) is 0 Å². The first-order valence-electron chi connectivity index (χ1n) is 6.99. The fraction of sp³-hybridized carbons (Fsp3) is 0.533. The van der Waals surface area contributed by atoms with Crippen LogP contribution >= 0.6 is 11.8 Å². The van der Waals surface area contributed by atoms with Crippen LogP contribution in [0.15, 0.2) is 29.2 Å². The molecule has 1 aliphatic rings. The zero-order valence-electron chi connectivity index (χ0n) is 11.3. The van der Waals surface area contributed by atoms with Crippen LogP contribution in [0, 0.1) is 11.7 Å². The summed E-state index contributed by atoms with van der Waals surface area (Å²) in [4.78, 5) is 12.2. The number of carbonyl (C=O) groups excluding carboxylic acids is 1. The lowest BCUT2D eigenvalue weighted by Crippen LogP contribution is -2.36. The second-order valence-electron chi connectivity index (χ2n) is 5.14. The Hall–Kier alpha value is -1.07. The topological polar surface area (TPSA) is 49.3 Å². The van der Waals surface area contributed by atoms with E-state index in [2.05, 4.69) is 5.32 Å². The number of aliphatic hydroxyl groups excluding tert-OH is 1. The number of aliphatic hydroxyl groups is 1. The Kier molecular flexibility index (Phi) is 5.86. The highest BCUT2D eigenvalue weighted by atomic mass is 32.2. The van der Waals surface area contributed by atoms with Crippen LogP contribution in [-0.4, -0.2) is 29.4 Å². The number of thioether (sulfide) groups is 1. The average Bonchev–Trinajstić information content (AvgIpc) is 2.98. The number of rotatable bonds is 6. The number of hydrogen-bond acceptors (Lipinski definition) is 3. The van der Waals surface area contributed by atoms with Crippen LogP contribution in [0.2, 0.25) is 0 Å². The molecule has 2 N–H and O–H groups in total. The van der Waals surface area contributed by atoms with E-state index in [0.717, 1.165) is 12.8 Å². The zero-order chi connectivity index (χ0) is 14.4. The lowest BCUT2D eigenvalue weighted by atomic mass is 10.0. The van der Waals surface area contributed by atoms with Crippen molar-refractivity contribution in [1.82, 2.24) is 5.32 Å². The molecule has 1 atom stereocenters. The molecule has 0 aromatic heterocycles. The third-order valence-electron chi connectivity index (χ3n) is 3.65. The van der Waals surface area contributed by atoms with E-state index in [9.17, 15) is 14.3 Å². The van der Waals surface area contributed by atoms with Gasteiger partial charge in [0.25, 0.3) is 0 Å². The van der Waals surface area contributed by atoms with Crippen LogP contribution in [0.4, 0.5) is 4.39 Å². The summed E-state index contributed by atoms with van der Waals surface area (Å²) in [5, 5.41) is 12.7. The number of halogens is 1. The minimum atomic E-state index is -0.458. The maximum absolute atomic E-state index is 13.4. The maximum atomic E-state index is 13.4. The fourth-order valence-electron chi connectivity index (χ4n) is 2.48. The van der Waals surface area contributed by atoms with Gasteiger partial charge in [0.05, 0.1) is 11.9 Å². The van der Waals surface area contributed by atoms with Gasteiger partial charge >= 0.3 is 0 Å². The third kappa shape index (κ3) is 4.49. The predicted molar refractivity (Wildman–Crippen MR) is 78.1 cm³/mol. The maximum Gasteiger partial charge on any atom is 0.230 e. The smallest absolute Gasteiger partial charge is 0.230 e. The molecule has 0 saturated heterocycles. The van der Waals surface area contributed by atoms with E-state index in [4.69, 9.17) is 0 Å². The van der Waals surface area contributed by atoms with Gasteiger partial charge in [0.15, 0.2) is 0 Å². The van der Waals surface area contributed by atoms with E-state index in [1.165, 1.54) is 30.7 Å². The number of carbonyl (C=O) groups is 1. The van der Waals surface area contributed by atoms with Crippen LogP contribution in [-0.2, 0) is 4.79 Å². The Morgan fingerprint density at radius 1 is 1.40 bits per heavy atom. The number of nitrogens with one attached hydrogen (secondary N) is 1. The van der Waals surface area contributed by atoms with Gasteiger partial charge in [0.1, 0.15) is 5.82 Å². The summed E-state index contributed by atoms with van der Waals surface area (Å²) in [6.45, 7) is 0.293. The van der Waals surface area contributed by atoms with Crippen molar-refractivity contribution in [2.24, 2.45) is 5.92 Å². The summed E-state index contributed by atoms with van der Waals surface area (Å²) in [5.41, 5.74) is 0. The SMILES string of the molecule is O=C(CSc1ccccc1F)NCC(O)C1CCCC1. The monoisotopic (exact) mass is 297 g/mol. The molecule has 0 aliphatic heterocycles. The highest BCUT2D eigenvalue weighted by molar-refractivity contribution is 8.00. The van der Waals surface area contributed by atoms with Crippen LogP contribution in [0.5, 0.6) is 0 Å². The van der Waals surface area contributed by atoms with E-state index in [-0.39, 0.29) is 17.5 Å². The summed E-state index contributed by atoms with van der Waals surface area (Å²) in [6.07, 6.45) is 3.96. The van der Waals surface area contributed by atoms with Gasteiger partial charge in [0.2, 0.25) is 5.91 Å². The van der Waals surface area contributed by atoms with Crippen molar-refractivity contribution in [2.75, 3.05) is 12.3 Å². The molecule has 0 bridgehead atoms. The Labute approximate surface area is 123 Å². The van der Waals surface area contributed by atoms with E-state index >= 15 is 0 Å². The molecule has 1 fully saturated rings. The molecule has 1 amide bonds. The molecule has 1 saturated carbocycles. The summed E-state index contributed by atoms with van der Waals surface area (Å²) in [5.74, 6) is -0.000638. The molecule has 3 nitrogen and oxygen atoms in total. The van der Waals surface area contributed by atoms with Gasteiger partial charge in [-0.1, -0.05) is 25.0 Å². The van der Waals surface area contributed by atoms with Crippen molar-refractivity contribution in [3.8, 4) is 0 Å². The molecule has 5 heteroatoms. The molecule has 0 spiro atoms. The highest BCUT2D eigenvalue weighted by Crippen LogP contribution is 2.27. The molecule has 2 rings (SSSR count). The van der Waals surface area contributed by atoms with Gasteiger partial charge in [-0.05, 0) is 30.9 Å². The highest BCUT2D eigenvalue weighted by Gasteiger charge is 2.23. The first-order valence-corrected chi connectivity index (χ1v) is 7.97. The van der Waals surface area contributed by atoms with Crippen molar-refractivity contribution < 1.29 is 14.3 Å². The summed E-state index contributed by atoms with van der Waals surface area (Å²) in [7, 11) is 0. The number of hydrogen-bond donors (Lipinski definition) is 2. The third-order valence-corrected chi connectivity index (χ3v) is 4.70. The quantitative estimate of drug-likeness (QED) is 0.794.